The summed E-state index contributed by atoms with van der Waals surface area (Å²) >= 11 is 3.46. The van der Waals surface area contributed by atoms with Crippen LogP contribution >= 0.6 is 15.9 Å². The number of rotatable bonds is 4. The van der Waals surface area contributed by atoms with Crippen LogP contribution in [0.15, 0.2) is 33.5 Å². The van der Waals surface area contributed by atoms with Gasteiger partial charge in [0.15, 0.2) is 5.82 Å². The van der Waals surface area contributed by atoms with E-state index in [9.17, 15) is 0 Å². The number of anilines is 1. The van der Waals surface area contributed by atoms with Crippen LogP contribution in [0.1, 0.15) is 31.6 Å². The van der Waals surface area contributed by atoms with E-state index in [0.717, 1.165) is 59.6 Å². The minimum atomic E-state index is 0.133. The van der Waals surface area contributed by atoms with Gasteiger partial charge in [0, 0.05) is 49.5 Å². The van der Waals surface area contributed by atoms with Crippen LogP contribution in [0.2, 0.25) is 0 Å². The summed E-state index contributed by atoms with van der Waals surface area (Å²) in [5.74, 6) is 1.47. The maximum Gasteiger partial charge on any atom is 0.243 e. The molecule has 4 rings (SSSR count). The average molecular weight is 417 g/mol. The lowest BCUT2D eigenvalue weighted by Crippen LogP contribution is -2.47. The fraction of sp³-hybridized carbons (Fsp3) is 0.444. The molecule has 1 unspecified atom stereocenters. The van der Waals surface area contributed by atoms with E-state index < -0.39 is 0 Å². The molecule has 3 aromatic rings. The number of aromatic nitrogens is 4. The van der Waals surface area contributed by atoms with Gasteiger partial charge in [-0.1, -0.05) is 12.1 Å². The van der Waals surface area contributed by atoms with Crippen molar-refractivity contribution in [1.82, 2.24) is 25.0 Å². The fourth-order valence-electron chi connectivity index (χ4n) is 3.33. The topological polar surface area (TPSA) is 71.2 Å². The molecule has 0 spiro atoms. The van der Waals surface area contributed by atoms with Gasteiger partial charge < -0.3 is 9.42 Å². The van der Waals surface area contributed by atoms with Crippen LogP contribution < -0.4 is 4.90 Å². The summed E-state index contributed by atoms with van der Waals surface area (Å²) < 4.78 is 6.36. The van der Waals surface area contributed by atoms with Crippen LogP contribution in [-0.2, 0) is 6.42 Å². The Kier molecular flexibility index (Phi) is 4.86. The molecule has 0 N–H and O–H groups in total. The average Bonchev–Trinajstić information content (AvgIpc) is 3.16. The first-order valence-corrected chi connectivity index (χ1v) is 9.66. The number of hydrogen-bond acceptors (Lipinski definition) is 7. The molecule has 26 heavy (non-hydrogen) atoms. The molecule has 8 heteroatoms. The van der Waals surface area contributed by atoms with Crippen molar-refractivity contribution in [3.63, 3.8) is 0 Å². The molecule has 1 aliphatic heterocycles. The van der Waals surface area contributed by atoms with Gasteiger partial charge in [-0.2, -0.15) is 4.98 Å². The van der Waals surface area contributed by atoms with Gasteiger partial charge in [-0.05, 0) is 35.0 Å². The van der Waals surface area contributed by atoms with Crippen molar-refractivity contribution in [2.75, 3.05) is 31.1 Å². The van der Waals surface area contributed by atoms with Crippen molar-refractivity contribution in [3.8, 4) is 0 Å². The zero-order chi connectivity index (χ0) is 18.1. The van der Waals surface area contributed by atoms with Crippen molar-refractivity contribution in [2.24, 2.45) is 0 Å². The van der Waals surface area contributed by atoms with E-state index in [2.05, 4.69) is 52.8 Å². The second kappa shape index (κ2) is 7.28. The molecule has 0 aromatic carbocycles. The molecular weight excluding hydrogens is 396 g/mol. The smallest absolute Gasteiger partial charge is 0.243 e. The molecule has 1 aliphatic rings. The summed E-state index contributed by atoms with van der Waals surface area (Å²) in [6, 6.07) is 4.19. The van der Waals surface area contributed by atoms with Crippen molar-refractivity contribution in [3.05, 3.63) is 40.7 Å². The highest BCUT2D eigenvalue weighted by molar-refractivity contribution is 9.10. The summed E-state index contributed by atoms with van der Waals surface area (Å²) in [5, 5.41) is 4.01. The first-order chi connectivity index (χ1) is 12.7. The van der Waals surface area contributed by atoms with Gasteiger partial charge in [0.2, 0.25) is 5.89 Å². The molecule has 0 amide bonds. The minimum Gasteiger partial charge on any atom is -0.367 e. The van der Waals surface area contributed by atoms with E-state index in [1.807, 2.05) is 31.5 Å². The molecule has 1 atom stereocenters. The summed E-state index contributed by atoms with van der Waals surface area (Å²) in [4.78, 5) is 18.2. The molecule has 3 aromatic heterocycles. The first kappa shape index (κ1) is 17.4. The summed E-state index contributed by atoms with van der Waals surface area (Å²) in [6.45, 7) is 7.88. The first-order valence-electron chi connectivity index (χ1n) is 8.87. The normalized spacial score (nSPS) is 17.0. The van der Waals surface area contributed by atoms with E-state index in [4.69, 9.17) is 4.52 Å². The molecule has 136 valence electrons. The maximum atomic E-state index is 5.41. The van der Waals surface area contributed by atoms with E-state index >= 15 is 0 Å². The monoisotopic (exact) mass is 416 g/mol. The SMILES string of the molecule is CCc1noc(C(C)N2CCN(c3ccnc4cc(Br)cnc34)CC2)n1. The lowest BCUT2D eigenvalue weighted by Gasteiger charge is -2.38. The highest BCUT2D eigenvalue weighted by atomic mass is 79.9. The highest BCUT2D eigenvalue weighted by Crippen LogP contribution is 2.28. The number of nitrogens with zero attached hydrogens (tertiary/aromatic N) is 6. The largest absolute Gasteiger partial charge is 0.367 e. The summed E-state index contributed by atoms with van der Waals surface area (Å²) in [5.41, 5.74) is 2.99. The number of hydrogen-bond donors (Lipinski definition) is 0. The van der Waals surface area contributed by atoms with Crippen LogP contribution in [0.4, 0.5) is 5.69 Å². The molecule has 1 fully saturated rings. The quantitative estimate of drug-likeness (QED) is 0.646. The Hall–Kier alpha value is -2.06. The van der Waals surface area contributed by atoms with Gasteiger partial charge in [0.05, 0.1) is 17.2 Å². The van der Waals surface area contributed by atoms with Crippen LogP contribution in [0, 0.1) is 0 Å². The molecular formula is C18H21BrN6O. The van der Waals surface area contributed by atoms with Crippen molar-refractivity contribution in [2.45, 2.75) is 26.3 Å². The molecule has 0 radical (unpaired) electrons. The van der Waals surface area contributed by atoms with Crippen LogP contribution in [0.5, 0.6) is 0 Å². The summed E-state index contributed by atoms with van der Waals surface area (Å²) in [6.07, 6.45) is 4.47. The number of piperazine rings is 1. The second-order valence-electron chi connectivity index (χ2n) is 6.45. The van der Waals surface area contributed by atoms with Gasteiger partial charge in [-0.3, -0.25) is 14.9 Å². The van der Waals surface area contributed by atoms with Crippen molar-refractivity contribution < 1.29 is 4.52 Å². The second-order valence-corrected chi connectivity index (χ2v) is 7.37. The third-order valence-electron chi connectivity index (χ3n) is 4.88. The highest BCUT2D eigenvalue weighted by Gasteiger charge is 2.26. The van der Waals surface area contributed by atoms with Gasteiger partial charge in [-0.25, -0.2) is 0 Å². The van der Waals surface area contributed by atoms with E-state index in [1.54, 1.807) is 0 Å². The Bertz CT molecular complexity index is 906. The zero-order valence-electron chi connectivity index (χ0n) is 14.9. The predicted octanol–water partition coefficient (Wildman–Crippen LogP) is 3.22. The van der Waals surface area contributed by atoms with Gasteiger partial charge in [-0.15, -0.1) is 0 Å². The molecule has 4 heterocycles. The van der Waals surface area contributed by atoms with Gasteiger partial charge >= 0.3 is 0 Å². The Balaban J connectivity index is 1.48. The van der Waals surface area contributed by atoms with E-state index in [-0.39, 0.29) is 6.04 Å². The standard InChI is InChI=1S/C18H21BrN6O/c1-3-16-22-18(26-23-16)12(2)24-6-8-25(9-7-24)15-4-5-20-14-10-13(19)11-21-17(14)15/h4-5,10-12H,3,6-9H2,1-2H3. The van der Waals surface area contributed by atoms with Crippen molar-refractivity contribution in [1.29, 1.82) is 0 Å². The van der Waals surface area contributed by atoms with E-state index in [1.165, 1.54) is 0 Å². The van der Waals surface area contributed by atoms with Gasteiger partial charge in [0.25, 0.3) is 0 Å². The molecule has 0 aliphatic carbocycles. The molecule has 1 saturated heterocycles. The third-order valence-corrected chi connectivity index (χ3v) is 5.32. The lowest BCUT2D eigenvalue weighted by atomic mass is 10.2. The van der Waals surface area contributed by atoms with E-state index in [0.29, 0.717) is 5.89 Å². The van der Waals surface area contributed by atoms with Crippen LogP contribution in [-0.4, -0.2) is 51.2 Å². The Labute approximate surface area is 160 Å². The Morgan fingerprint density at radius 2 is 2.04 bits per heavy atom. The molecule has 0 bridgehead atoms. The van der Waals surface area contributed by atoms with Crippen LogP contribution in [0.3, 0.4) is 0 Å². The predicted molar refractivity (Wildman–Crippen MR) is 103 cm³/mol. The number of pyridine rings is 2. The zero-order valence-corrected chi connectivity index (χ0v) is 16.5. The summed E-state index contributed by atoms with van der Waals surface area (Å²) in [7, 11) is 0. The minimum absolute atomic E-state index is 0.133. The molecule has 7 nitrogen and oxygen atoms in total. The maximum absolute atomic E-state index is 5.41. The van der Waals surface area contributed by atoms with Crippen molar-refractivity contribution >= 4 is 32.7 Å². The number of halogens is 1. The van der Waals surface area contributed by atoms with Crippen LogP contribution in [0.25, 0.3) is 11.0 Å². The van der Waals surface area contributed by atoms with Gasteiger partial charge in [0.1, 0.15) is 5.52 Å². The lowest BCUT2D eigenvalue weighted by molar-refractivity contribution is 0.164. The Morgan fingerprint density at radius 1 is 1.23 bits per heavy atom. The third kappa shape index (κ3) is 3.31. The Morgan fingerprint density at radius 3 is 2.77 bits per heavy atom. The molecule has 0 saturated carbocycles. The number of fused-ring (bicyclic) bond motifs is 1. The number of aryl methyl sites for hydroxylation is 1. The fourth-order valence-corrected chi connectivity index (χ4v) is 3.65.